The fourth-order valence-electron chi connectivity index (χ4n) is 3.55. The SMILES string of the molecule is O=c1ccc(-c2ccc(OC3CCN(C4CCC4)CC3)c(F)c2)n[nH]1. The molecular weight excluding hydrogens is 321 g/mol. The first-order valence-electron chi connectivity index (χ1n) is 8.95. The van der Waals surface area contributed by atoms with Crippen LogP contribution in [-0.2, 0) is 0 Å². The van der Waals surface area contributed by atoms with E-state index in [1.54, 1.807) is 18.2 Å². The molecule has 2 heterocycles. The van der Waals surface area contributed by atoms with Gasteiger partial charge in [0.25, 0.3) is 5.56 Å². The Labute approximate surface area is 145 Å². The highest BCUT2D eigenvalue weighted by molar-refractivity contribution is 5.59. The van der Waals surface area contributed by atoms with Gasteiger partial charge in [0, 0.05) is 30.8 Å². The Morgan fingerprint density at radius 1 is 1.12 bits per heavy atom. The van der Waals surface area contributed by atoms with E-state index >= 15 is 0 Å². The quantitative estimate of drug-likeness (QED) is 0.927. The molecule has 1 saturated carbocycles. The van der Waals surface area contributed by atoms with E-state index in [4.69, 9.17) is 4.74 Å². The Kier molecular flexibility index (Phi) is 4.53. The predicted octanol–water partition coefficient (Wildman–Crippen LogP) is 2.97. The monoisotopic (exact) mass is 343 g/mol. The largest absolute Gasteiger partial charge is 0.487 e. The molecule has 2 aromatic rings. The van der Waals surface area contributed by atoms with Gasteiger partial charge in [0.2, 0.25) is 0 Å². The molecule has 1 aliphatic heterocycles. The van der Waals surface area contributed by atoms with Crippen molar-refractivity contribution in [1.82, 2.24) is 15.1 Å². The molecule has 25 heavy (non-hydrogen) atoms. The van der Waals surface area contributed by atoms with Crippen LogP contribution in [0.2, 0.25) is 0 Å². The summed E-state index contributed by atoms with van der Waals surface area (Å²) in [7, 11) is 0. The van der Waals surface area contributed by atoms with E-state index in [0.717, 1.165) is 32.0 Å². The van der Waals surface area contributed by atoms with Gasteiger partial charge >= 0.3 is 0 Å². The topological polar surface area (TPSA) is 58.2 Å². The van der Waals surface area contributed by atoms with Crippen LogP contribution in [0.3, 0.4) is 0 Å². The molecule has 1 saturated heterocycles. The summed E-state index contributed by atoms with van der Waals surface area (Å²) < 4.78 is 20.3. The van der Waals surface area contributed by atoms with Crippen molar-refractivity contribution in [3.8, 4) is 17.0 Å². The Balaban J connectivity index is 1.39. The minimum absolute atomic E-state index is 0.0721. The normalized spacial score (nSPS) is 19.6. The van der Waals surface area contributed by atoms with Gasteiger partial charge in [-0.05, 0) is 49.9 Å². The fraction of sp³-hybridized carbons (Fsp3) is 0.474. The van der Waals surface area contributed by atoms with Crippen LogP contribution < -0.4 is 10.3 Å². The maximum atomic E-state index is 14.4. The number of hydrogen-bond acceptors (Lipinski definition) is 4. The lowest BCUT2D eigenvalue weighted by Gasteiger charge is -2.41. The molecule has 0 atom stereocenters. The third-order valence-electron chi connectivity index (χ3n) is 5.27. The van der Waals surface area contributed by atoms with Crippen LogP contribution in [0.4, 0.5) is 4.39 Å². The Morgan fingerprint density at radius 3 is 2.52 bits per heavy atom. The highest BCUT2D eigenvalue weighted by Crippen LogP contribution is 2.30. The number of likely N-dealkylation sites (tertiary alicyclic amines) is 1. The van der Waals surface area contributed by atoms with E-state index in [1.165, 1.54) is 31.4 Å². The van der Waals surface area contributed by atoms with Crippen LogP contribution in [0.1, 0.15) is 32.1 Å². The summed E-state index contributed by atoms with van der Waals surface area (Å²) in [4.78, 5) is 13.6. The second kappa shape index (κ2) is 6.96. The van der Waals surface area contributed by atoms with E-state index in [-0.39, 0.29) is 17.4 Å². The van der Waals surface area contributed by atoms with Gasteiger partial charge in [-0.1, -0.05) is 6.42 Å². The average Bonchev–Trinajstić information content (AvgIpc) is 2.57. The number of nitrogens with zero attached hydrogens (tertiary/aromatic N) is 2. The zero-order valence-corrected chi connectivity index (χ0v) is 14.1. The van der Waals surface area contributed by atoms with Gasteiger partial charge in [0.05, 0.1) is 5.69 Å². The van der Waals surface area contributed by atoms with Crippen molar-refractivity contribution in [2.24, 2.45) is 0 Å². The summed E-state index contributed by atoms with van der Waals surface area (Å²) >= 11 is 0. The van der Waals surface area contributed by atoms with E-state index < -0.39 is 5.82 Å². The molecule has 4 rings (SSSR count). The lowest BCUT2D eigenvalue weighted by molar-refractivity contribution is 0.0478. The first-order valence-corrected chi connectivity index (χ1v) is 8.95. The molecule has 2 aliphatic rings. The molecule has 1 N–H and O–H groups in total. The molecule has 2 fully saturated rings. The molecule has 0 unspecified atom stereocenters. The second-order valence-electron chi connectivity index (χ2n) is 6.89. The van der Waals surface area contributed by atoms with Crippen LogP contribution in [0.5, 0.6) is 5.75 Å². The maximum absolute atomic E-state index is 14.4. The number of aromatic nitrogens is 2. The molecule has 0 bridgehead atoms. The molecule has 1 aromatic heterocycles. The van der Waals surface area contributed by atoms with Gasteiger partial charge in [-0.15, -0.1) is 0 Å². The molecule has 132 valence electrons. The van der Waals surface area contributed by atoms with Crippen molar-refractivity contribution in [3.05, 3.63) is 46.5 Å². The molecule has 6 heteroatoms. The van der Waals surface area contributed by atoms with Crippen LogP contribution >= 0.6 is 0 Å². The van der Waals surface area contributed by atoms with Gasteiger partial charge in [-0.25, -0.2) is 9.49 Å². The first kappa shape index (κ1) is 16.3. The highest BCUT2D eigenvalue weighted by Gasteiger charge is 2.29. The van der Waals surface area contributed by atoms with Gasteiger partial charge in [-0.3, -0.25) is 4.79 Å². The zero-order valence-electron chi connectivity index (χ0n) is 14.1. The van der Waals surface area contributed by atoms with E-state index in [9.17, 15) is 9.18 Å². The van der Waals surface area contributed by atoms with Crippen molar-refractivity contribution in [2.75, 3.05) is 13.1 Å². The average molecular weight is 343 g/mol. The van der Waals surface area contributed by atoms with E-state index in [2.05, 4.69) is 15.1 Å². The highest BCUT2D eigenvalue weighted by atomic mass is 19.1. The summed E-state index contributed by atoms with van der Waals surface area (Å²) in [5.41, 5.74) is 0.858. The number of ether oxygens (including phenoxy) is 1. The van der Waals surface area contributed by atoms with Gasteiger partial charge in [0.15, 0.2) is 11.6 Å². The smallest absolute Gasteiger partial charge is 0.264 e. The van der Waals surface area contributed by atoms with Gasteiger partial charge in [-0.2, -0.15) is 5.10 Å². The number of nitrogens with one attached hydrogen (secondary N) is 1. The van der Waals surface area contributed by atoms with Crippen molar-refractivity contribution in [1.29, 1.82) is 0 Å². The summed E-state index contributed by atoms with van der Waals surface area (Å²) in [6.07, 6.45) is 5.95. The zero-order chi connectivity index (χ0) is 17.2. The third-order valence-corrected chi connectivity index (χ3v) is 5.27. The number of halogens is 1. The van der Waals surface area contributed by atoms with E-state index in [0.29, 0.717) is 11.3 Å². The summed E-state index contributed by atoms with van der Waals surface area (Å²) in [5, 5.41) is 6.28. The second-order valence-corrected chi connectivity index (χ2v) is 6.89. The van der Waals surface area contributed by atoms with Crippen LogP contribution in [0, 0.1) is 5.82 Å². The summed E-state index contributed by atoms with van der Waals surface area (Å²) in [6.45, 7) is 2.08. The van der Waals surface area contributed by atoms with Crippen molar-refractivity contribution < 1.29 is 9.13 Å². The summed E-state index contributed by atoms with van der Waals surface area (Å²) in [5.74, 6) is -0.109. The minimum Gasteiger partial charge on any atom is -0.487 e. The molecule has 1 aromatic carbocycles. The molecule has 0 radical (unpaired) electrons. The fourth-order valence-corrected chi connectivity index (χ4v) is 3.55. The van der Waals surface area contributed by atoms with Crippen LogP contribution in [-0.4, -0.2) is 40.3 Å². The van der Waals surface area contributed by atoms with E-state index in [1.807, 2.05) is 0 Å². The number of benzene rings is 1. The van der Waals surface area contributed by atoms with Crippen molar-refractivity contribution in [2.45, 2.75) is 44.2 Å². The van der Waals surface area contributed by atoms with Crippen LogP contribution in [0.15, 0.2) is 35.1 Å². The molecule has 0 amide bonds. The minimum atomic E-state index is -0.396. The lowest BCUT2D eigenvalue weighted by Crippen LogP contribution is -2.46. The summed E-state index contributed by atoms with van der Waals surface area (Å²) in [6, 6.07) is 8.53. The molecule has 0 spiro atoms. The standard InChI is InChI=1S/C19H22FN3O2/c20-16-12-13(17-5-7-19(24)22-21-17)4-6-18(16)25-15-8-10-23(11-9-15)14-2-1-3-14/h4-7,12,14-15H,1-3,8-11H2,(H,22,24). The Bertz CT molecular complexity index is 775. The maximum Gasteiger partial charge on any atom is 0.264 e. The number of aromatic amines is 1. The van der Waals surface area contributed by atoms with Gasteiger partial charge < -0.3 is 9.64 Å². The third kappa shape index (κ3) is 3.58. The molecular formula is C19H22FN3O2. The van der Waals surface area contributed by atoms with Gasteiger partial charge in [0.1, 0.15) is 6.10 Å². The predicted molar refractivity (Wildman–Crippen MR) is 93.1 cm³/mol. The number of hydrogen-bond donors (Lipinski definition) is 1. The first-order chi connectivity index (χ1) is 12.2. The number of rotatable bonds is 4. The Morgan fingerprint density at radius 2 is 1.92 bits per heavy atom. The van der Waals surface area contributed by atoms with Crippen molar-refractivity contribution >= 4 is 0 Å². The lowest BCUT2D eigenvalue weighted by atomic mass is 9.90. The number of H-pyrrole nitrogens is 1. The van der Waals surface area contributed by atoms with Crippen molar-refractivity contribution in [3.63, 3.8) is 0 Å². The Hall–Kier alpha value is -2.21. The number of piperidine rings is 1. The van der Waals surface area contributed by atoms with Crippen LogP contribution in [0.25, 0.3) is 11.3 Å². The molecule has 1 aliphatic carbocycles. The molecule has 5 nitrogen and oxygen atoms in total.